The molecule has 0 atom stereocenters. The largest absolute Gasteiger partial charge is 0.310 e. The number of anilines is 3. The third-order valence-corrected chi connectivity index (χ3v) is 7.79. The molecule has 5 aromatic carbocycles. The molecular weight excluding hydrogens is 510 g/mol. The number of hydrogen-bond donors (Lipinski definition) is 0. The van der Waals surface area contributed by atoms with E-state index in [2.05, 4.69) is 171 Å². The van der Waals surface area contributed by atoms with Gasteiger partial charge >= 0.3 is 0 Å². The highest BCUT2D eigenvalue weighted by Gasteiger charge is 2.21. The average molecular weight is 548 g/mol. The van der Waals surface area contributed by atoms with Crippen LogP contribution in [0.4, 0.5) is 17.1 Å². The minimum absolute atomic E-state index is 0.342. The van der Waals surface area contributed by atoms with E-state index in [1.807, 2.05) is 6.20 Å². The van der Waals surface area contributed by atoms with Crippen molar-refractivity contribution in [2.24, 2.45) is 0 Å². The van der Waals surface area contributed by atoms with Crippen molar-refractivity contribution in [3.63, 3.8) is 0 Å². The predicted molar refractivity (Wildman–Crippen MR) is 177 cm³/mol. The van der Waals surface area contributed by atoms with Crippen LogP contribution in [0.5, 0.6) is 0 Å². The van der Waals surface area contributed by atoms with E-state index < -0.39 is 0 Å². The topological polar surface area (TPSA) is 21.1 Å². The molecule has 0 aliphatic heterocycles. The van der Waals surface area contributed by atoms with Gasteiger partial charge in [0.1, 0.15) is 5.82 Å². The molecule has 208 valence electrons. The lowest BCUT2D eigenvalue weighted by Crippen LogP contribution is -2.10. The van der Waals surface area contributed by atoms with Gasteiger partial charge in [-0.25, -0.2) is 4.98 Å². The highest BCUT2D eigenvalue weighted by molar-refractivity contribution is 5.79. The van der Waals surface area contributed by atoms with Crippen molar-refractivity contribution in [2.75, 3.05) is 4.90 Å². The van der Waals surface area contributed by atoms with Crippen molar-refractivity contribution >= 4 is 17.1 Å². The minimum atomic E-state index is 0.342. The van der Waals surface area contributed by atoms with Crippen LogP contribution in [-0.4, -0.2) is 9.55 Å². The zero-order valence-electron chi connectivity index (χ0n) is 24.8. The van der Waals surface area contributed by atoms with Crippen molar-refractivity contribution in [1.29, 1.82) is 0 Å². The Morgan fingerprint density at radius 3 is 1.57 bits per heavy atom. The molecule has 0 aliphatic carbocycles. The quantitative estimate of drug-likeness (QED) is 0.189. The first-order chi connectivity index (χ1) is 20.5. The number of rotatable bonds is 8. The maximum atomic E-state index is 4.93. The Morgan fingerprint density at radius 1 is 0.524 bits per heavy atom. The van der Waals surface area contributed by atoms with E-state index in [4.69, 9.17) is 4.98 Å². The summed E-state index contributed by atoms with van der Waals surface area (Å²) in [6.07, 6.45) is 4.04. The van der Waals surface area contributed by atoms with Gasteiger partial charge in [0, 0.05) is 35.0 Å². The van der Waals surface area contributed by atoms with E-state index in [0.29, 0.717) is 11.8 Å². The molecule has 0 fully saturated rings. The number of imidazole rings is 1. The Balaban J connectivity index is 1.51. The lowest BCUT2D eigenvalue weighted by molar-refractivity contribution is 0.807. The van der Waals surface area contributed by atoms with Gasteiger partial charge in [-0.05, 0) is 82.6 Å². The lowest BCUT2D eigenvalue weighted by Gasteiger charge is -2.26. The normalized spacial score (nSPS) is 11.3. The molecule has 3 heteroatoms. The van der Waals surface area contributed by atoms with E-state index in [-0.39, 0.29) is 0 Å². The lowest BCUT2D eigenvalue weighted by atomic mass is 9.88. The van der Waals surface area contributed by atoms with Crippen molar-refractivity contribution < 1.29 is 0 Å². The first-order valence-corrected chi connectivity index (χ1v) is 14.8. The summed E-state index contributed by atoms with van der Waals surface area (Å²) >= 11 is 0. The molecule has 6 aromatic rings. The van der Waals surface area contributed by atoms with Gasteiger partial charge in [0.05, 0.1) is 5.69 Å². The van der Waals surface area contributed by atoms with Crippen molar-refractivity contribution in [1.82, 2.24) is 9.55 Å². The van der Waals surface area contributed by atoms with Crippen molar-refractivity contribution in [3.8, 4) is 28.2 Å². The van der Waals surface area contributed by atoms with Crippen LogP contribution in [-0.2, 0) is 0 Å². The summed E-state index contributed by atoms with van der Waals surface area (Å²) < 4.78 is 2.30. The summed E-state index contributed by atoms with van der Waals surface area (Å²) in [6, 6.07) is 45.2. The third-order valence-electron chi connectivity index (χ3n) is 7.79. The van der Waals surface area contributed by atoms with Gasteiger partial charge in [-0.3, -0.25) is 4.57 Å². The van der Waals surface area contributed by atoms with Gasteiger partial charge in [0.2, 0.25) is 0 Å². The van der Waals surface area contributed by atoms with Gasteiger partial charge < -0.3 is 4.90 Å². The van der Waals surface area contributed by atoms with E-state index in [9.17, 15) is 0 Å². The number of nitrogens with zero attached hydrogens (tertiary/aromatic N) is 3. The monoisotopic (exact) mass is 547 g/mol. The summed E-state index contributed by atoms with van der Waals surface area (Å²) in [7, 11) is 0. The maximum absolute atomic E-state index is 4.93. The second-order valence-electron chi connectivity index (χ2n) is 11.4. The Bertz CT molecular complexity index is 1700. The van der Waals surface area contributed by atoms with Crippen molar-refractivity contribution in [3.05, 3.63) is 151 Å². The van der Waals surface area contributed by atoms with Crippen LogP contribution in [0, 0.1) is 0 Å². The van der Waals surface area contributed by atoms with Crippen LogP contribution in [0.15, 0.2) is 140 Å². The zero-order chi connectivity index (χ0) is 29.1. The third kappa shape index (κ3) is 5.38. The standard InChI is InChI=1S/C39H37N3/c1-28(2)36-26-32(30-15-8-5-9-16-30)27-37(29(3)4)38(36)41-24-23-40-39(41)31-17-14-22-35(25-31)42(33-18-10-6-11-19-33)34-20-12-7-13-21-34/h5-29H,1-4H3. The molecule has 3 nitrogen and oxygen atoms in total. The molecule has 0 radical (unpaired) electrons. The second kappa shape index (κ2) is 11.9. The molecule has 0 spiro atoms. The molecule has 6 rings (SSSR count). The Kier molecular flexibility index (Phi) is 7.74. The van der Waals surface area contributed by atoms with Crippen molar-refractivity contribution in [2.45, 2.75) is 39.5 Å². The molecule has 0 saturated heterocycles. The number of para-hydroxylation sites is 2. The molecule has 0 bridgehead atoms. The minimum Gasteiger partial charge on any atom is -0.310 e. The summed E-state index contributed by atoms with van der Waals surface area (Å²) in [6.45, 7) is 9.14. The van der Waals surface area contributed by atoms with E-state index in [0.717, 1.165) is 28.5 Å². The van der Waals surface area contributed by atoms with Crippen LogP contribution in [0.1, 0.15) is 50.7 Å². The van der Waals surface area contributed by atoms with Gasteiger partial charge in [-0.1, -0.05) is 107 Å². The van der Waals surface area contributed by atoms with Crippen LogP contribution in [0.2, 0.25) is 0 Å². The van der Waals surface area contributed by atoms with E-state index >= 15 is 0 Å². The van der Waals surface area contributed by atoms with Gasteiger partial charge in [-0.15, -0.1) is 0 Å². The Hall–Kier alpha value is -4.89. The zero-order valence-corrected chi connectivity index (χ0v) is 24.8. The molecule has 1 aromatic heterocycles. The average Bonchev–Trinajstić information content (AvgIpc) is 3.52. The van der Waals surface area contributed by atoms with Crippen LogP contribution in [0.3, 0.4) is 0 Å². The molecule has 0 saturated carbocycles. The summed E-state index contributed by atoms with van der Waals surface area (Å²) in [4.78, 5) is 7.23. The second-order valence-corrected chi connectivity index (χ2v) is 11.4. The summed E-state index contributed by atoms with van der Waals surface area (Å²) in [5.41, 5.74) is 10.8. The summed E-state index contributed by atoms with van der Waals surface area (Å²) in [5, 5.41) is 0. The number of hydrogen-bond acceptors (Lipinski definition) is 2. The van der Waals surface area contributed by atoms with Crippen LogP contribution >= 0.6 is 0 Å². The number of benzene rings is 5. The SMILES string of the molecule is CC(C)c1cc(-c2ccccc2)cc(C(C)C)c1-n1ccnc1-c1cccc(N(c2ccccc2)c2ccccc2)c1. The molecule has 0 aliphatic rings. The molecule has 0 amide bonds. The number of aromatic nitrogens is 2. The molecular formula is C39H37N3. The van der Waals surface area contributed by atoms with E-state index in [1.165, 1.54) is 27.9 Å². The fourth-order valence-electron chi connectivity index (χ4n) is 5.72. The summed E-state index contributed by atoms with van der Waals surface area (Å²) in [5.74, 6) is 1.62. The predicted octanol–water partition coefficient (Wildman–Crippen LogP) is 10.9. The first kappa shape index (κ1) is 27.3. The van der Waals surface area contributed by atoms with Gasteiger partial charge in [0.25, 0.3) is 0 Å². The first-order valence-electron chi connectivity index (χ1n) is 14.8. The molecule has 42 heavy (non-hydrogen) atoms. The van der Waals surface area contributed by atoms with Gasteiger partial charge in [0.15, 0.2) is 0 Å². The fraction of sp³-hybridized carbons (Fsp3) is 0.154. The molecule has 0 N–H and O–H groups in total. The molecule has 1 heterocycles. The Labute approximate surface area is 249 Å². The molecule has 0 unspecified atom stereocenters. The highest BCUT2D eigenvalue weighted by atomic mass is 15.1. The Morgan fingerprint density at radius 2 is 1.02 bits per heavy atom. The van der Waals surface area contributed by atoms with E-state index in [1.54, 1.807) is 0 Å². The smallest absolute Gasteiger partial charge is 0.144 e. The maximum Gasteiger partial charge on any atom is 0.144 e. The highest BCUT2D eigenvalue weighted by Crippen LogP contribution is 2.39. The fourth-order valence-corrected chi connectivity index (χ4v) is 5.72. The van der Waals surface area contributed by atoms with Crippen LogP contribution in [0.25, 0.3) is 28.2 Å². The van der Waals surface area contributed by atoms with Crippen LogP contribution < -0.4 is 4.90 Å². The van der Waals surface area contributed by atoms with Gasteiger partial charge in [-0.2, -0.15) is 0 Å².